The van der Waals surface area contributed by atoms with Crippen molar-refractivity contribution in [1.29, 1.82) is 0 Å². The molecule has 0 saturated heterocycles. The van der Waals surface area contributed by atoms with Crippen molar-refractivity contribution in [2.75, 3.05) is 0 Å². The highest BCUT2D eigenvalue weighted by atomic mass is 16.4. The highest BCUT2D eigenvalue weighted by molar-refractivity contribution is 5.71. The Bertz CT molecular complexity index is 186. The van der Waals surface area contributed by atoms with Gasteiger partial charge in [0.2, 0.25) is 0 Å². The third-order valence-electron chi connectivity index (χ3n) is 2.11. The highest BCUT2D eigenvalue weighted by Gasteiger charge is 2.31. The number of carboxylic acids is 1. The lowest BCUT2D eigenvalue weighted by molar-refractivity contribution is -0.147. The van der Waals surface area contributed by atoms with Gasteiger partial charge in [0, 0.05) is 0 Å². The van der Waals surface area contributed by atoms with Gasteiger partial charge in [0.25, 0.3) is 0 Å². The lowest BCUT2D eigenvalue weighted by Gasteiger charge is -2.25. The average molecular weight is 156 g/mol. The fourth-order valence-electron chi connectivity index (χ4n) is 1.43. The summed E-state index contributed by atoms with van der Waals surface area (Å²) in [4.78, 5) is 10.6. The predicted molar refractivity (Wildman–Crippen MR) is 40.1 cm³/mol. The largest absolute Gasteiger partial charge is 0.481 e. The molecule has 0 aliphatic heterocycles. The molecule has 0 aromatic carbocycles. The fourth-order valence-corrected chi connectivity index (χ4v) is 1.43. The number of rotatable bonds is 1. The molecule has 11 heavy (non-hydrogen) atoms. The zero-order valence-corrected chi connectivity index (χ0v) is 6.40. The van der Waals surface area contributed by atoms with E-state index in [9.17, 15) is 9.90 Å². The van der Waals surface area contributed by atoms with Gasteiger partial charge in [0.05, 0.1) is 12.0 Å². The summed E-state index contributed by atoms with van der Waals surface area (Å²) < 4.78 is 0. The molecule has 3 atom stereocenters. The van der Waals surface area contributed by atoms with Gasteiger partial charge in [0.1, 0.15) is 0 Å². The van der Waals surface area contributed by atoms with E-state index in [-0.39, 0.29) is 5.92 Å². The van der Waals surface area contributed by atoms with E-state index in [0.29, 0.717) is 0 Å². The van der Waals surface area contributed by atoms with Gasteiger partial charge in [-0.2, -0.15) is 0 Å². The molecule has 0 fully saturated rings. The number of hydrogen-bond donors (Lipinski definition) is 2. The fraction of sp³-hybridized carbons (Fsp3) is 0.625. The smallest absolute Gasteiger partial charge is 0.309 e. The van der Waals surface area contributed by atoms with Crippen LogP contribution >= 0.6 is 0 Å². The van der Waals surface area contributed by atoms with Crippen LogP contribution in [0.4, 0.5) is 0 Å². The molecule has 3 unspecified atom stereocenters. The number of allylic oxidation sites excluding steroid dienone is 1. The number of carbonyl (C=O) groups is 1. The van der Waals surface area contributed by atoms with Gasteiger partial charge in [0.15, 0.2) is 0 Å². The van der Waals surface area contributed by atoms with E-state index in [1.165, 1.54) is 0 Å². The van der Waals surface area contributed by atoms with Crippen molar-refractivity contribution in [1.82, 2.24) is 0 Å². The van der Waals surface area contributed by atoms with Gasteiger partial charge in [-0.1, -0.05) is 19.1 Å². The van der Waals surface area contributed by atoms with Gasteiger partial charge in [-0.25, -0.2) is 0 Å². The second-order valence-electron chi connectivity index (χ2n) is 3.00. The number of aliphatic hydroxyl groups is 1. The lowest BCUT2D eigenvalue weighted by atomic mass is 9.82. The van der Waals surface area contributed by atoms with Crippen LogP contribution in [0.25, 0.3) is 0 Å². The summed E-state index contributed by atoms with van der Waals surface area (Å²) in [6, 6.07) is 0. The molecule has 62 valence electrons. The van der Waals surface area contributed by atoms with E-state index in [4.69, 9.17) is 5.11 Å². The standard InChI is InChI=1S/C8H12O3/c1-5-3-2-4-6(9)7(5)8(10)11/h2,4-7,9H,3H2,1H3,(H,10,11). The molecule has 0 amide bonds. The zero-order valence-electron chi connectivity index (χ0n) is 6.40. The van der Waals surface area contributed by atoms with E-state index in [1.807, 2.05) is 13.0 Å². The molecule has 0 radical (unpaired) electrons. The Morgan fingerprint density at radius 1 is 1.64 bits per heavy atom. The molecule has 0 heterocycles. The molecule has 0 saturated carbocycles. The maximum atomic E-state index is 10.6. The van der Waals surface area contributed by atoms with Crippen LogP contribution in [-0.4, -0.2) is 22.3 Å². The normalized spacial score (nSPS) is 37.1. The molecule has 0 bridgehead atoms. The van der Waals surface area contributed by atoms with E-state index in [0.717, 1.165) is 6.42 Å². The maximum Gasteiger partial charge on any atom is 0.309 e. The highest BCUT2D eigenvalue weighted by Crippen LogP contribution is 2.25. The van der Waals surface area contributed by atoms with Crippen LogP contribution in [0.1, 0.15) is 13.3 Å². The van der Waals surface area contributed by atoms with Gasteiger partial charge in [-0.05, 0) is 12.3 Å². The molecule has 1 aliphatic carbocycles. The second-order valence-corrected chi connectivity index (χ2v) is 3.00. The van der Waals surface area contributed by atoms with Crippen molar-refractivity contribution >= 4 is 5.97 Å². The Balaban J connectivity index is 2.74. The number of carboxylic acid groups (broad SMARTS) is 1. The Morgan fingerprint density at radius 3 is 2.64 bits per heavy atom. The molecule has 0 spiro atoms. The molecule has 0 aromatic rings. The lowest BCUT2D eigenvalue weighted by Crippen LogP contribution is -2.34. The first-order chi connectivity index (χ1) is 5.13. The first-order valence-electron chi connectivity index (χ1n) is 3.70. The predicted octanol–water partition coefficient (Wildman–Crippen LogP) is 0.644. The maximum absolute atomic E-state index is 10.6. The molecule has 1 aliphatic rings. The third kappa shape index (κ3) is 1.60. The zero-order chi connectivity index (χ0) is 8.43. The van der Waals surface area contributed by atoms with Gasteiger partial charge in [-0.15, -0.1) is 0 Å². The SMILES string of the molecule is CC1CC=CC(O)C1C(=O)O. The minimum Gasteiger partial charge on any atom is -0.481 e. The van der Waals surface area contributed by atoms with Crippen LogP contribution in [0.3, 0.4) is 0 Å². The number of aliphatic carboxylic acids is 1. The van der Waals surface area contributed by atoms with Gasteiger partial charge >= 0.3 is 5.97 Å². The number of aliphatic hydroxyl groups excluding tert-OH is 1. The van der Waals surface area contributed by atoms with Crippen molar-refractivity contribution in [2.24, 2.45) is 11.8 Å². The van der Waals surface area contributed by atoms with E-state index in [1.54, 1.807) is 6.08 Å². The molecule has 3 nitrogen and oxygen atoms in total. The summed E-state index contributed by atoms with van der Waals surface area (Å²) in [6.45, 7) is 1.84. The molecular weight excluding hydrogens is 144 g/mol. The van der Waals surface area contributed by atoms with Gasteiger partial charge in [-0.3, -0.25) is 4.79 Å². The third-order valence-corrected chi connectivity index (χ3v) is 2.11. The van der Waals surface area contributed by atoms with E-state index in [2.05, 4.69) is 0 Å². The van der Waals surface area contributed by atoms with E-state index >= 15 is 0 Å². The monoisotopic (exact) mass is 156 g/mol. The van der Waals surface area contributed by atoms with Crippen LogP contribution in [0, 0.1) is 11.8 Å². The Morgan fingerprint density at radius 2 is 2.27 bits per heavy atom. The van der Waals surface area contributed by atoms with Gasteiger partial charge < -0.3 is 10.2 Å². The number of hydrogen-bond acceptors (Lipinski definition) is 2. The minimum absolute atomic E-state index is 0.0347. The molecule has 3 heteroatoms. The van der Waals surface area contributed by atoms with Crippen LogP contribution in [0.2, 0.25) is 0 Å². The Kier molecular flexibility index (Phi) is 2.29. The van der Waals surface area contributed by atoms with Crippen LogP contribution in [0.5, 0.6) is 0 Å². The quantitative estimate of drug-likeness (QED) is 0.548. The topological polar surface area (TPSA) is 57.5 Å². The first-order valence-corrected chi connectivity index (χ1v) is 3.70. The first kappa shape index (κ1) is 8.27. The summed E-state index contributed by atoms with van der Waals surface area (Å²) in [5.74, 6) is -1.50. The molecule has 1 rings (SSSR count). The Hall–Kier alpha value is -0.830. The van der Waals surface area contributed by atoms with Crippen molar-refractivity contribution in [3.05, 3.63) is 12.2 Å². The molecule has 2 N–H and O–H groups in total. The van der Waals surface area contributed by atoms with Crippen LogP contribution < -0.4 is 0 Å². The Labute approximate surface area is 65.3 Å². The second kappa shape index (κ2) is 3.05. The average Bonchev–Trinajstić information content (AvgIpc) is 1.85. The molecular formula is C8H12O3. The summed E-state index contributed by atoms with van der Waals surface area (Å²) in [5.41, 5.74) is 0. The van der Waals surface area contributed by atoms with Crippen molar-refractivity contribution in [3.63, 3.8) is 0 Å². The minimum atomic E-state index is -0.908. The van der Waals surface area contributed by atoms with E-state index < -0.39 is 18.0 Å². The van der Waals surface area contributed by atoms with Crippen LogP contribution in [0.15, 0.2) is 12.2 Å². The summed E-state index contributed by atoms with van der Waals surface area (Å²) in [6.07, 6.45) is 3.32. The van der Waals surface area contributed by atoms with Crippen LogP contribution in [-0.2, 0) is 4.79 Å². The summed E-state index contributed by atoms with van der Waals surface area (Å²) >= 11 is 0. The van der Waals surface area contributed by atoms with Crippen molar-refractivity contribution in [3.8, 4) is 0 Å². The summed E-state index contributed by atoms with van der Waals surface area (Å²) in [7, 11) is 0. The van der Waals surface area contributed by atoms with Crippen molar-refractivity contribution in [2.45, 2.75) is 19.4 Å². The summed E-state index contributed by atoms with van der Waals surface area (Å²) in [5, 5.41) is 17.9. The molecule has 0 aromatic heterocycles. The van der Waals surface area contributed by atoms with Crippen molar-refractivity contribution < 1.29 is 15.0 Å².